The van der Waals surface area contributed by atoms with Crippen molar-refractivity contribution in [1.82, 2.24) is 0 Å². The highest BCUT2D eigenvalue weighted by Gasteiger charge is 2.10. The van der Waals surface area contributed by atoms with Gasteiger partial charge in [0.1, 0.15) is 5.75 Å². The van der Waals surface area contributed by atoms with Crippen molar-refractivity contribution in [2.75, 3.05) is 0 Å². The molecule has 1 atom stereocenters. The average molecular weight is 279 g/mol. The lowest BCUT2D eigenvalue weighted by molar-refractivity contribution is 0.242. The molecule has 0 aliphatic heterocycles. The molecule has 0 bridgehead atoms. The highest BCUT2D eigenvalue weighted by atomic mass is 35.7. The number of halogens is 1. The third kappa shape index (κ3) is 3.48. The van der Waals surface area contributed by atoms with E-state index in [1.54, 1.807) is 0 Å². The molecule has 0 fully saturated rings. The molecule has 2 aromatic carbocycles. The van der Waals surface area contributed by atoms with E-state index < -0.39 is 7.27 Å². The Kier molecular flexibility index (Phi) is 4.63. The van der Waals surface area contributed by atoms with Gasteiger partial charge in [0.15, 0.2) is 0 Å². The molecule has 1 nitrogen and oxygen atoms in total. The van der Waals surface area contributed by atoms with Gasteiger partial charge in [-0.1, -0.05) is 41.6 Å². The lowest BCUT2D eigenvalue weighted by Crippen LogP contribution is -2.09. The van der Waals surface area contributed by atoms with Gasteiger partial charge in [0.2, 0.25) is 0 Å². The lowest BCUT2D eigenvalue weighted by Gasteiger charge is -2.13. The zero-order valence-corrected chi connectivity index (χ0v) is 12.2. The van der Waals surface area contributed by atoms with E-state index in [1.165, 1.54) is 5.30 Å². The summed E-state index contributed by atoms with van der Waals surface area (Å²) in [5.41, 5.74) is 0. The summed E-state index contributed by atoms with van der Waals surface area (Å²) in [6.45, 7) is 4.04. The Hall–Kier alpha value is -1.04. The zero-order valence-electron chi connectivity index (χ0n) is 10.5. The molecule has 1 unspecified atom stereocenters. The maximum atomic E-state index is 6.51. The van der Waals surface area contributed by atoms with Crippen LogP contribution in [0, 0.1) is 0 Å². The van der Waals surface area contributed by atoms with Crippen molar-refractivity contribution in [1.29, 1.82) is 0 Å². The van der Waals surface area contributed by atoms with E-state index >= 15 is 0 Å². The highest BCUT2D eigenvalue weighted by molar-refractivity contribution is 7.95. The van der Waals surface area contributed by atoms with Crippen LogP contribution in [0.2, 0.25) is 0 Å². The van der Waals surface area contributed by atoms with Gasteiger partial charge < -0.3 is 4.74 Å². The van der Waals surface area contributed by atoms with Gasteiger partial charge in [-0.05, 0) is 48.7 Å². The number of rotatable bonds is 4. The summed E-state index contributed by atoms with van der Waals surface area (Å²) in [4.78, 5) is 0. The van der Waals surface area contributed by atoms with Crippen LogP contribution in [0.1, 0.15) is 13.8 Å². The minimum Gasteiger partial charge on any atom is -0.491 e. The molecule has 94 valence electrons. The molecule has 0 saturated carbocycles. The van der Waals surface area contributed by atoms with Gasteiger partial charge in [-0.3, -0.25) is 0 Å². The van der Waals surface area contributed by atoms with Crippen molar-refractivity contribution in [2.24, 2.45) is 0 Å². The molecule has 0 spiro atoms. The number of hydrogen-bond acceptors (Lipinski definition) is 1. The molecule has 0 aliphatic rings. The van der Waals surface area contributed by atoms with Crippen LogP contribution >= 0.6 is 18.5 Å². The molecular weight excluding hydrogens is 263 g/mol. The van der Waals surface area contributed by atoms with Crippen LogP contribution in [0.3, 0.4) is 0 Å². The molecule has 0 heterocycles. The molecule has 0 radical (unpaired) electrons. The van der Waals surface area contributed by atoms with Crippen molar-refractivity contribution in [3.8, 4) is 5.75 Å². The topological polar surface area (TPSA) is 9.23 Å². The van der Waals surface area contributed by atoms with Crippen LogP contribution in [0.5, 0.6) is 5.75 Å². The van der Waals surface area contributed by atoms with E-state index in [0.29, 0.717) is 0 Å². The summed E-state index contributed by atoms with van der Waals surface area (Å²) in [5, 5.41) is 2.32. The maximum absolute atomic E-state index is 6.51. The predicted octanol–water partition coefficient (Wildman–Crippen LogP) is 4.06. The normalized spacial score (nSPS) is 12.4. The molecule has 0 saturated heterocycles. The Balaban J connectivity index is 2.14. The maximum Gasteiger partial charge on any atom is 0.119 e. The van der Waals surface area contributed by atoms with Crippen molar-refractivity contribution in [3.63, 3.8) is 0 Å². The molecule has 0 aliphatic carbocycles. The molecule has 0 N–H and O–H groups in total. The highest BCUT2D eigenvalue weighted by Crippen LogP contribution is 2.39. The summed E-state index contributed by atoms with van der Waals surface area (Å²) in [6.07, 6.45) is 0.197. The fourth-order valence-corrected chi connectivity index (χ4v) is 3.45. The van der Waals surface area contributed by atoms with Crippen LogP contribution < -0.4 is 15.3 Å². The first-order valence-corrected chi connectivity index (χ1v) is 8.19. The first kappa shape index (κ1) is 13.4. The van der Waals surface area contributed by atoms with Crippen LogP contribution in [0.4, 0.5) is 0 Å². The van der Waals surface area contributed by atoms with Crippen molar-refractivity contribution >= 4 is 29.1 Å². The third-order valence-electron chi connectivity index (χ3n) is 2.42. The van der Waals surface area contributed by atoms with Crippen LogP contribution in [0.25, 0.3) is 0 Å². The van der Waals surface area contributed by atoms with Gasteiger partial charge >= 0.3 is 0 Å². The van der Waals surface area contributed by atoms with Crippen molar-refractivity contribution < 1.29 is 4.74 Å². The second-order valence-electron chi connectivity index (χ2n) is 4.28. The Bertz CT molecular complexity index is 482. The quantitative estimate of drug-likeness (QED) is 0.767. The van der Waals surface area contributed by atoms with E-state index in [9.17, 15) is 0 Å². The molecule has 2 rings (SSSR count). The SMILES string of the molecule is CC(C)Oc1ccc(P(Cl)c2ccccc2)cc1. The molecule has 0 aromatic heterocycles. The fourth-order valence-electron chi connectivity index (χ4n) is 1.64. The standard InChI is InChI=1S/C15H16ClOP/c1-12(2)17-13-8-10-15(11-9-13)18(16)14-6-4-3-5-7-14/h3-12H,1-2H3. The second-order valence-corrected chi connectivity index (χ2v) is 6.89. The van der Waals surface area contributed by atoms with Gasteiger partial charge in [0.05, 0.1) is 13.4 Å². The van der Waals surface area contributed by atoms with E-state index in [4.69, 9.17) is 16.0 Å². The largest absolute Gasteiger partial charge is 0.491 e. The summed E-state index contributed by atoms with van der Waals surface area (Å²) in [7, 11) is -0.787. The minimum absolute atomic E-state index is 0.197. The smallest absolute Gasteiger partial charge is 0.119 e. The van der Waals surface area contributed by atoms with Gasteiger partial charge in [-0.25, -0.2) is 0 Å². The van der Waals surface area contributed by atoms with Gasteiger partial charge in [0, 0.05) is 0 Å². The Morgan fingerprint density at radius 2 is 1.44 bits per heavy atom. The van der Waals surface area contributed by atoms with Crippen molar-refractivity contribution in [2.45, 2.75) is 20.0 Å². The summed E-state index contributed by atoms with van der Waals surface area (Å²) < 4.78 is 5.62. The zero-order chi connectivity index (χ0) is 13.0. The summed E-state index contributed by atoms with van der Waals surface area (Å²) in [5.74, 6) is 0.891. The minimum atomic E-state index is -0.787. The van der Waals surface area contributed by atoms with Crippen molar-refractivity contribution in [3.05, 3.63) is 54.6 Å². The molecular formula is C15H16ClOP. The molecule has 3 heteroatoms. The van der Waals surface area contributed by atoms with Crippen LogP contribution in [-0.4, -0.2) is 6.10 Å². The third-order valence-corrected chi connectivity index (χ3v) is 5.09. The number of ether oxygens (including phenoxy) is 1. The molecule has 18 heavy (non-hydrogen) atoms. The first-order valence-electron chi connectivity index (χ1n) is 5.94. The predicted molar refractivity (Wildman–Crippen MR) is 80.7 cm³/mol. The van der Waals surface area contributed by atoms with Gasteiger partial charge in [-0.2, -0.15) is 0 Å². The first-order chi connectivity index (χ1) is 8.66. The number of hydrogen-bond donors (Lipinski definition) is 0. The monoisotopic (exact) mass is 278 g/mol. The van der Waals surface area contributed by atoms with E-state index in [1.807, 2.05) is 56.3 Å². The molecule has 2 aromatic rings. The van der Waals surface area contributed by atoms with E-state index in [-0.39, 0.29) is 6.10 Å². The summed E-state index contributed by atoms with van der Waals surface area (Å²) in [6, 6.07) is 18.2. The van der Waals surface area contributed by atoms with Crippen LogP contribution in [0.15, 0.2) is 54.6 Å². The second kappa shape index (κ2) is 6.22. The van der Waals surface area contributed by atoms with Gasteiger partial charge in [0.25, 0.3) is 0 Å². The Labute approximate surface area is 114 Å². The van der Waals surface area contributed by atoms with E-state index in [2.05, 4.69) is 12.1 Å². The lowest BCUT2D eigenvalue weighted by atomic mass is 10.3. The van der Waals surface area contributed by atoms with E-state index in [0.717, 1.165) is 11.1 Å². The Morgan fingerprint density at radius 1 is 0.889 bits per heavy atom. The van der Waals surface area contributed by atoms with Crippen LogP contribution in [-0.2, 0) is 0 Å². The average Bonchev–Trinajstić information content (AvgIpc) is 2.39. The van der Waals surface area contributed by atoms with Gasteiger partial charge in [-0.15, -0.1) is 0 Å². The summed E-state index contributed by atoms with van der Waals surface area (Å²) >= 11 is 6.51. The molecule has 0 amide bonds. The number of benzene rings is 2. The fraction of sp³-hybridized carbons (Fsp3) is 0.200. The Morgan fingerprint density at radius 3 is 2.00 bits per heavy atom.